The molecule has 1 aromatic carbocycles. The Bertz CT molecular complexity index is 124. The van der Waals surface area contributed by atoms with Crippen molar-refractivity contribution in [2.24, 2.45) is 0 Å². The van der Waals surface area contributed by atoms with Gasteiger partial charge in [0.05, 0.1) is 0 Å². The van der Waals surface area contributed by atoms with Crippen molar-refractivity contribution < 1.29 is 0 Å². The molecule has 0 amide bonds. The summed E-state index contributed by atoms with van der Waals surface area (Å²) in [4.78, 5) is 0. The highest BCUT2D eigenvalue weighted by Crippen LogP contribution is 2.15. The zero-order chi connectivity index (χ0) is 8.49. The Labute approximate surface area is 90.4 Å². The van der Waals surface area contributed by atoms with Crippen molar-refractivity contribution in [1.29, 1.82) is 0 Å². The molecule has 1 aliphatic carbocycles. The van der Waals surface area contributed by atoms with Crippen LogP contribution in [0, 0.1) is 0 Å². The quantitative estimate of drug-likeness (QED) is 0.526. The van der Waals surface area contributed by atoms with Gasteiger partial charge < -0.3 is 0 Å². The van der Waals surface area contributed by atoms with Gasteiger partial charge >= 0.3 is 0 Å². The Hall–Kier alpha value is -0.780. The molecule has 0 spiro atoms. The molecule has 0 nitrogen and oxygen atoms in total. The van der Waals surface area contributed by atoms with Gasteiger partial charge in [0.15, 0.2) is 0 Å². The third kappa shape index (κ3) is 9.31. The van der Waals surface area contributed by atoms with Gasteiger partial charge in [-0.1, -0.05) is 89.8 Å². The average molecular weight is 194 g/mol. The van der Waals surface area contributed by atoms with E-state index in [4.69, 9.17) is 0 Å². The third-order valence-electron chi connectivity index (χ3n) is 2.17. The number of benzene rings is 1. The Morgan fingerprint density at radius 1 is 0.357 bits per heavy atom. The molecule has 0 radical (unpaired) electrons. The van der Waals surface area contributed by atoms with Crippen LogP contribution in [0.3, 0.4) is 0 Å². The lowest BCUT2D eigenvalue weighted by atomic mass is 10.0. The molecule has 1 saturated carbocycles. The smallest absolute Gasteiger partial charge is 0.0533 e. The highest BCUT2D eigenvalue weighted by Gasteiger charge is 1.95. The van der Waals surface area contributed by atoms with E-state index in [0.29, 0.717) is 0 Å². The van der Waals surface area contributed by atoms with E-state index < -0.39 is 0 Å². The molecule has 0 unspecified atom stereocenters. The van der Waals surface area contributed by atoms with E-state index in [9.17, 15) is 0 Å². The van der Waals surface area contributed by atoms with Gasteiger partial charge in [-0.05, 0) is 0 Å². The molecule has 0 aromatic heterocycles. The van der Waals surface area contributed by atoms with Gasteiger partial charge in [0.25, 0.3) is 0 Å². The number of rotatable bonds is 0. The summed E-state index contributed by atoms with van der Waals surface area (Å²) in [5, 5.41) is 0. The molecule has 0 bridgehead atoms. The van der Waals surface area contributed by atoms with Crippen LogP contribution < -0.4 is 0 Å². The normalized spacial score (nSPS) is 13.7. The first-order chi connectivity index (χ1) is 6.00. The van der Waals surface area contributed by atoms with Crippen molar-refractivity contribution in [2.45, 2.75) is 53.4 Å². The molecular weight excluding hydrogens is 168 g/mol. The van der Waals surface area contributed by atoms with Crippen LogP contribution in [0.15, 0.2) is 36.4 Å². The summed E-state index contributed by atoms with van der Waals surface area (Å²) in [6.07, 6.45) is 9.00. The topological polar surface area (TPSA) is 0 Å². The predicted molar refractivity (Wildman–Crippen MR) is 67.6 cm³/mol. The van der Waals surface area contributed by atoms with E-state index >= 15 is 0 Å². The van der Waals surface area contributed by atoms with Gasteiger partial charge in [0.1, 0.15) is 0 Å². The summed E-state index contributed by atoms with van der Waals surface area (Å²) in [7, 11) is 0. The van der Waals surface area contributed by atoms with E-state index in [2.05, 4.69) is 0 Å². The molecule has 0 saturated heterocycles. The van der Waals surface area contributed by atoms with Crippen molar-refractivity contribution in [2.75, 3.05) is 0 Å². The van der Waals surface area contributed by atoms with E-state index in [1.165, 1.54) is 38.5 Å². The fourth-order valence-electron chi connectivity index (χ4n) is 1.45. The third-order valence-corrected chi connectivity index (χ3v) is 2.17. The molecule has 0 aliphatic heterocycles. The van der Waals surface area contributed by atoms with Gasteiger partial charge in [0.2, 0.25) is 0 Å². The molecule has 82 valence electrons. The molecule has 1 aromatic rings. The minimum Gasteiger partial charge on any atom is -0.0776 e. The first-order valence-electron chi connectivity index (χ1n) is 5.00. The zero-order valence-corrected chi connectivity index (χ0v) is 7.71. The molecule has 1 fully saturated rings. The van der Waals surface area contributed by atoms with Crippen molar-refractivity contribution in [3.63, 3.8) is 0 Å². The van der Waals surface area contributed by atoms with Gasteiger partial charge in [-0.2, -0.15) is 0 Å². The van der Waals surface area contributed by atoms with Crippen molar-refractivity contribution in [3.8, 4) is 0 Å². The molecule has 1 aliphatic rings. The Morgan fingerprint density at radius 2 is 0.500 bits per heavy atom. The second kappa shape index (κ2) is 12.2. The number of hydrogen-bond acceptors (Lipinski definition) is 0. The first-order valence-corrected chi connectivity index (χ1v) is 5.00. The minimum absolute atomic E-state index is 0. The standard InChI is InChI=1S/C6H12.C6H6.2CH4/c2*1-2-4-6-5-3-1;;/h1-6H2;1-6H;2*1H4. The monoisotopic (exact) mass is 194 g/mol. The maximum atomic E-state index is 2.00. The Kier molecular flexibility index (Phi) is 13.7. The zero-order valence-electron chi connectivity index (χ0n) is 7.71. The van der Waals surface area contributed by atoms with Crippen LogP contribution in [0.5, 0.6) is 0 Å². The maximum Gasteiger partial charge on any atom is -0.0533 e. The SMILES string of the molecule is C.C.C1CCCCC1.c1ccccc1. The van der Waals surface area contributed by atoms with E-state index in [1.807, 2.05) is 36.4 Å². The first kappa shape index (κ1) is 15.7. The van der Waals surface area contributed by atoms with Crippen LogP contribution in [0.1, 0.15) is 53.4 Å². The van der Waals surface area contributed by atoms with E-state index in [0.717, 1.165) is 0 Å². The van der Waals surface area contributed by atoms with Crippen LogP contribution in [0.2, 0.25) is 0 Å². The minimum atomic E-state index is 0. The maximum absolute atomic E-state index is 2.00. The summed E-state index contributed by atoms with van der Waals surface area (Å²) in [5.41, 5.74) is 0. The van der Waals surface area contributed by atoms with Crippen molar-refractivity contribution in [1.82, 2.24) is 0 Å². The van der Waals surface area contributed by atoms with Crippen LogP contribution in [0.4, 0.5) is 0 Å². The van der Waals surface area contributed by atoms with Crippen LogP contribution in [-0.4, -0.2) is 0 Å². The second-order valence-electron chi connectivity index (χ2n) is 3.28. The lowest BCUT2D eigenvalue weighted by molar-refractivity contribution is 0.504. The highest BCUT2D eigenvalue weighted by atomic mass is 14.0. The van der Waals surface area contributed by atoms with Crippen LogP contribution >= 0.6 is 0 Å². The van der Waals surface area contributed by atoms with Crippen molar-refractivity contribution in [3.05, 3.63) is 36.4 Å². The average Bonchev–Trinajstić information content (AvgIpc) is 2.24. The largest absolute Gasteiger partial charge is 0.0776 e. The summed E-state index contributed by atoms with van der Waals surface area (Å²) < 4.78 is 0. The lowest BCUT2D eigenvalue weighted by Gasteiger charge is -2.05. The van der Waals surface area contributed by atoms with Gasteiger partial charge in [-0.3, -0.25) is 0 Å². The highest BCUT2D eigenvalue weighted by molar-refractivity contribution is 4.99. The summed E-state index contributed by atoms with van der Waals surface area (Å²) >= 11 is 0. The van der Waals surface area contributed by atoms with E-state index in [1.54, 1.807) is 0 Å². The predicted octanol–water partition coefficient (Wildman–Crippen LogP) is 5.30. The Morgan fingerprint density at radius 3 is 0.643 bits per heavy atom. The van der Waals surface area contributed by atoms with E-state index in [-0.39, 0.29) is 14.9 Å². The summed E-state index contributed by atoms with van der Waals surface area (Å²) in [6.45, 7) is 0. The lowest BCUT2D eigenvalue weighted by Crippen LogP contribution is -1.85. The van der Waals surface area contributed by atoms with Gasteiger partial charge in [-0.25, -0.2) is 0 Å². The molecule has 0 heteroatoms. The summed E-state index contributed by atoms with van der Waals surface area (Å²) in [6, 6.07) is 12.0. The van der Waals surface area contributed by atoms with Crippen LogP contribution in [-0.2, 0) is 0 Å². The number of hydrogen-bond donors (Lipinski definition) is 0. The molecule has 0 heterocycles. The molecule has 14 heavy (non-hydrogen) atoms. The van der Waals surface area contributed by atoms with Crippen LogP contribution in [0.25, 0.3) is 0 Å². The van der Waals surface area contributed by atoms with Gasteiger partial charge in [-0.15, -0.1) is 0 Å². The summed E-state index contributed by atoms with van der Waals surface area (Å²) in [5.74, 6) is 0. The fourth-order valence-corrected chi connectivity index (χ4v) is 1.45. The second-order valence-corrected chi connectivity index (χ2v) is 3.28. The molecule has 0 atom stereocenters. The Balaban J connectivity index is 0. The molecule has 2 rings (SSSR count). The molecule has 0 N–H and O–H groups in total. The molecular formula is C14H26. The van der Waals surface area contributed by atoms with Crippen molar-refractivity contribution >= 4 is 0 Å². The van der Waals surface area contributed by atoms with Gasteiger partial charge in [0, 0.05) is 0 Å². The fraction of sp³-hybridized carbons (Fsp3) is 0.571.